The number of carboxylic acids is 2. The zero-order chi connectivity index (χ0) is 12.3. The van der Waals surface area contributed by atoms with Crippen LogP contribution in [0.2, 0.25) is 0 Å². The van der Waals surface area contributed by atoms with Crippen LogP contribution in [0, 0.1) is 0 Å². The van der Waals surface area contributed by atoms with E-state index >= 15 is 0 Å². The van der Waals surface area contributed by atoms with Crippen molar-refractivity contribution in [1.82, 2.24) is 0 Å². The van der Waals surface area contributed by atoms with Crippen molar-refractivity contribution in [3.63, 3.8) is 0 Å². The Kier molecular flexibility index (Phi) is 3.60. The molecule has 16 heavy (non-hydrogen) atoms. The summed E-state index contributed by atoms with van der Waals surface area (Å²) in [6, 6.07) is 2.73. The van der Waals surface area contributed by atoms with Crippen LogP contribution in [0.4, 0.5) is 0 Å². The molecular weight excluding hydrogens is 214 g/mol. The van der Waals surface area contributed by atoms with E-state index in [1.165, 1.54) is 12.1 Å². The molecule has 0 fully saturated rings. The highest BCUT2D eigenvalue weighted by molar-refractivity contribution is 5.95. The zero-order valence-electron chi connectivity index (χ0n) is 8.25. The van der Waals surface area contributed by atoms with Gasteiger partial charge in [-0.15, -0.1) is 0 Å². The molecule has 6 heteroatoms. The van der Waals surface area contributed by atoms with E-state index in [0.29, 0.717) is 0 Å². The Morgan fingerprint density at radius 2 is 1.88 bits per heavy atom. The lowest BCUT2D eigenvalue weighted by Gasteiger charge is -2.12. The Morgan fingerprint density at radius 1 is 1.25 bits per heavy atom. The van der Waals surface area contributed by atoms with E-state index in [4.69, 9.17) is 21.1 Å². The van der Waals surface area contributed by atoms with Crippen LogP contribution in [0.25, 0.3) is 0 Å². The molecule has 0 aromatic heterocycles. The van der Waals surface area contributed by atoms with Gasteiger partial charge in [0.05, 0.1) is 23.8 Å². The molecule has 1 aromatic rings. The molecule has 1 aromatic carbocycles. The van der Waals surface area contributed by atoms with Crippen LogP contribution in [-0.2, 0) is 0 Å². The van der Waals surface area contributed by atoms with Gasteiger partial charge in [0.25, 0.3) is 0 Å². The summed E-state index contributed by atoms with van der Waals surface area (Å²) in [7, 11) is 0. The molecule has 0 radical (unpaired) electrons. The fourth-order valence-corrected chi connectivity index (χ4v) is 1.30. The summed E-state index contributed by atoms with van der Waals surface area (Å²) >= 11 is 0. The smallest absolute Gasteiger partial charge is 0.336 e. The third kappa shape index (κ3) is 2.36. The minimum Gasteiger partial charge on any atom is -0.478 e. The summed E-state index contributed by atoms with van der Waals surface area (Å²) in [4.78, 5) is 21.5. The number of benzene rings is 1. The van der Waals surface area contributed by atoms with Crippen LogP contribution < -0.4 is 5.73 Å². The van der Waals surface area contributed by atoms with Gasteiger partial charge in [-0.25, -0.2) is 9.59 Å². The first kappa shape index (κ1) is 12.2. The van der Waals surface area contributed by atoms with Gasteiger partial charge < -0.3 is 21.1 Å². The van der Waals surface area contributed by atoms with Crippen LogP contribution in [0.15, 0.2) is 18.2 Å². The van der Waals surface area contributed by atoms with Gasteiger partial charge in [-0.1, -0.05) is 6.07 Å². The fourth-order valence-electron chi connectivity index (χ4n) is 1.30. The molecule has 0 saturated carbocycles. The van der Waals surface area contributed by atoms with Gasteiger partial charge in [0.2, 0.25) is 0 Å². The van der Waals surface area contributed by atoms with Gasteiger partial charge in [-0.2, -0.15) is 0 Å². The highest BCUT2D eigenvalue weighted by Crippen LogP contribution is 2.18. The topological polar surface area (TPSA) is 121 Å². The van der Waals surface area contributed by atoms with Crippen molar-refractivity contribution in [2.24, 2.45) is 5.73 Å². The number of nitrogens with two attached hydrogens (primary N) is 1. The highest BCUT2D eigenvalue weighted by Gasteiger charge is 2.17. The molecule has 86 valence electrons. The number of aromatic carboxylic acids is 2. The molecule has 1 rings (SSSR count). The number of rotatable bonds is 4. The SMILES string of the molecule is N[C@@H](CO)c1ccc(C(=O)O)cc1C(=O)O. The Hall–Kier alpha value is -1.92. The van der Waals surface area contributed by atoms with Crippen LogP contribution in [0.1, 0.15) is 32.3 Å². The van der Waals surface area contributed by atoms with Crippen molar-refractivity contribution >= 4 is 11.9 Å². The predicted octanol–water partition coefficient (Wildman–Crippen LogP) is 0.0751. The van der Waals surface area contributed by atoms with Crippen LogP contribution in [-0.4, -0.2) is 33.9 Å². The summed E-state index contributed by atoms with van der Waals surface area (Å²) in [5.41, 5.74) is 5.37. The Balaban J connectivity index is 3.30. The number of aliphatic hydroxyl groups excluding tert-OH is 1. The van der Waals surface area contributed by atoms with E-state index < -0.39 is 24.6 Å². The van der Waals surface area contributed by atoms with Gasteiger partial charge in [-0.3, -0.25) is 0 Å². The van der Waals surface area contributed by atoms with Crippen molar-refractivity contribution in [1.29, 1.82) is 0 Å². The monoisotopic (exact) mass is 225 g/mol. The largest absolute Gasteiger partial charge is 0.478 e. The lowest BCUT2D eigenvalue weighted by Crippen LogP contribution is -2.19. The molecule has 0 spiro atoms. The predicted molar refractivity (Wildman–Crippen MR) is 54.4 cm³/mol. The summed E-state index contributed by atoms with van der Waals surface area (Å²) in [5.74, 6) is -2.49. The molecule has 0 heterocycles. The second-order valence-electron chi connectivity index (χ2n) is 3.20. The van der Waals surface area contributed by atoms with Crippen molar-refractivity contribution in [2.45, 2.75) is 6.04 Å². The van der Waals surface area contributed by atoms with Crippen molar-refractivity contribution < 1.29 is 24.9 Å². The molecule has 0 saturated heterocycles. The van der Waals surface area contributed by atoms with Crippen LogP contribution in [0.3, 0.4) is 0 Å². The standard InChI is InChI=1S/C10H11NO5/c11-8(4-12)6-2-1-5(9(13)14)3-7(6)10(15)16/h1-3,8,12H,4,11H2,(H,13,14)(H,15,16)/t8-/m0/s1. The van der Waals surface area contributed by atoms with E-state index in [0.717, 1.165) is 6.07 Å². The molecule has 6 nitrogen and oxygen atoms in total. The molecule has 0 aliphatic heterocycles. The van der Waals surface area contributed by atoms with Crippen LogP contribution >= 0.6 is 0 Å². The molecule has 0 bridgehead atoms. The second kappa shape index (κ2) is 4.73. The maximum Gasteiger partial charge on any atom is 0.336 e. The average Bonchev–Trinajstić information content (AvgIpc) is 2.26. The Bertz CT molecular complexity index is 429. The van der Waals surface area contributed by atoms with Gasteiger partial charge >= 0.3 is 11.9 Å². The average molecular weight is 225 g/mol. The first-order valence-electron chi connectivity index (χ1n) is 4.44. The molecule has 0 amide bonds. The molecule has 0 unspecified atom stereocenters. The first-order valence-corrected chi connectivity index (χ1v) is 4.44. The third-order valence-corrected chi connectivity index (χ3v) is 2.13. The maximum atomic E-state index is 10.9. The first-order chi connectivity index (χ1) is 7.47. The van der Waals surface area contributed by atoms with Crippen molar-refractivity contribution in [2.75, 3.05) is 6.61 Å². The summed E-state index contributed by atoms with van der Waals surface area (Å²) in [6.07, 6.45) is 0. The van der Waals surface area contributed by atoms with E-state index in [1.807, 2.05) is 0 Å². The van der Waals surface area contributed by atoms with Gasteiger partial charge in [-0.05, 0) is 17.7 Å². The zero-order valence-corrected chi connectivity index (χ0v) is 8.25. The number of hydrogen-bond acceptors (Lipinski definition) is 4. The quantitative estimate of drug-likeness (QED) is 0.575. The third-order valence-electron chi connectivity index (χ3n) is 2.13. The number of aliphatic hydroxyl groups is 1. The van der Waals surface area contributed by atoms with Crippen molar-refractivity contribution in [3.05, 3.63) is 34.9 Å². The maximum absolute atomic E-state index is 10.9. The summed E-state index contributed by atoms with van der Waals surface area (Å²) in [6.45, 7) is -0.410. The summed E-state index contributed by atoms with van der Waals surface area (Å²) < 4.78 is 0. The van der Waals surface area contributed by atoms with Crippen LogP contribution in [0.5, 0.6) is 0 Å². The lowest BCUT2D eigenvalue weighted by molar-refractivity contribution is 0.0694. The lowest BCUT2D eigenvalue weighted by atomic mass is 9.99. The Morgan fingerprint density at radius 3 is 2.31 bits per heavy atom. The van der Waals surface area contributed by atoms with E-state index in [2.05, 4.69) is 0 Å². The number of hydrogen-bond donors (Lipinski definition) is 4. The molecule has 0 aliphatic carbocycles. The van der Waals surface area contributed by atoms with E-state index in [-0.39, 0.29) is 16.7 Å². The fraction of sp³-hybridized carbons (Fsp3) is 0.200. The van der Waals surface area contributed by atoms with Crippen molar-refractivity contribution in [3.8, 4) is 0 Å². The minimum atomic E-state index is -1.28. The number of carboxylic acid groups (broad SMARTS) is 2. The molecule has 0 aliphatic rings. The number of carbonyl (C=O) groups is 2. The second-order valence-corrected chi connectivity index (χ2v) is 3.20. The van der Waals surface area contributed by atoms with Gasteiger partial charge in [0.15, 0.2) is 0 Å². The van der Waals surface area contributed by atoms with E-state index in [1.54, 1.807) is 0 Å². The highest BCUT2D eigenvalue weighted by atomic mass is 16.4. The molecular formula is C10H11NO5. The normalized spacial score (nSPS) is 12.1. The van der Waals surface area contributed by atoms with Gasteiger partial charge in [0, 0.05) is 0 Å². The minimum absolute atomic E-state index is 0.133. The molecule has 5 N–H and O–H groups in total. The molecule has 1 atom stereocenters. The summed E-state index contributed by atoms with van der Waals surface area (Å²) in [5, 5.41) is 26.4. The van der Waals surface area contributed by atoms with Gasteiger partial charge in [0.1, 0.15) is 0 Å². The Labute approximate surface area is 90.9 Å². The van der Waals surface area contributed by atoms with E-state index in [9.17, 15) is 9.59 Å².